The fourth-order valence-electron chi connectivity index (χ4n) is 3.92. The normalized spacial score (nSPS) is 15.4. The number of likely N-dealkylation sites (N-methyl/N-ethyl adjacent to an activating group) is 1. The molecule has 1 aliphatic rings. The molecule has 4 rings (SSSR count). The van der Waals surface area contributed by atoms with Gasteiger partial charge < -0.3 is 24.7 Å². The molecule has 1 atom stereocenters. The number of aryl methyl sites for hydroxylation is 1. The lowest BCUT2D eigenvalue weighted by Crippen LogP contribution is -2.35. The molecule has 0 bridgehead atoms. The number of primary amides is 1. The molecule has 0 saturated carbocycles. The third kappa shape index (κ3) is 3.97. The molecule has 8 heteroatoms. The first-order valence-corrected chi connectivity index (χ1v) is 10.3. The van der Waals surface area contributed by atoms with Crippen LogP contribution in [0.4, 0.5) is 0 Å². The van der Waals surface area contributed by atoms with E-state index in [4.69, 9.17) is 14.9 Å². The summed E-state index contributed by atoms with van der Waals surface area (Å²) in [6.07, 6.45) is 0. The van der Waals surface area contributed by atoms with Gasteiger partial charge in [-0.3, -0.25) is 14.4 Å². The highest BCUT2D eigenvalue weighted by Crippen LogP contribution is 2.38. The van der Waals surface area contributed by atoms with Gasteiger partial charge in [0.25, 0.3) is 11.8 Å². The Bertz CT molecular complexity index is 1250. The second-order valence-electron chi connectivity index (χ2n) is 8.20. The molecule has 0 spiro atoms. The molecule has 0 aliphatic carbocycles. The topological polar surface area (TPSA) is 106 Å². The van der Waals surface area contributed by atoms with E-state index in [1.807, 2.05) is 32.0 Å². The minimum Gasteiger partial charge on any atom is -0.484 e. The van der Waals surface area contributed by atoms with Crippen LogP contribution in [-0.4, -0.2) is 55.4 Å². The number of carbonyl (C=O) groups is 2. The summed E-state index contributed by atoms with van der Waals surface area (Å²) < 4.78 is 11.3. The minimum atomic E-state index is -0.580. The van der Waals surface area contributed by atoms with Crippen LogP contribution >= 0.6 is 0 Å². The van der Waals surface area contributed by atoms with Gasteiger partial charge in [-0.05, 0) is 50.8 Å². The Kier molecular flexibility index (Phi) is 5.71. The average molecular weight is 435 g/mol. The Morgan fingerprint density at radius 1 is 1.16 bits per heavy atom. The molecule has 2 N–H and O–H groups in total. The van der Waals surface area contributed by atoms with Crippen LogP contribution in [-0.2, 0) is 4.79 Å². The zero-order valence-electron chi connectivity index (χ0n) is 18.3. The van der Waals surface area contributed by atoms with E-state index in [1.54, 1.807) is 41.3 Å². The van der Waals surface area contributed by atoms with Gasteiger partial charge in [0, 0.05) is 13.1 Å². The van der Waals surface area contributed by atoms with E-state index in [-0.39, 0.29) is 23.7 Å². The number of nitrogens with two attached hydrogens (primary N) is 1. The maximum Gasteiger partial charge on any atom is 0.290 e. The molecule has 0 fully saturated rings. The quantitative estimate of drug-likeness (QED) is 0.609. The summed E-state index contributed by atoms with van der Waals surface area (Å²) >= 11 is 0. The molecule has 32 heavy (non-hydrogen) atoms. The second-order valence-corrected chi connectivity index (χ2v) is 8.20. The van der Waals surface area contributed by atoms with Gasteiger partial charge in [0.2, 0.25) is 5.76 Å². The first kappa shape index (κ1) is 21.6. The summed E-state index contributed by atoms with van der Waals surface area (Å²) in [4.78, 5) is 41.4. The van der Waals surface area contributed by atoms with Gasteiger partial charge in [-0.25, -0.2) is 0 Å². The highest BCUT2D eigenvalue weighted by atomic mass is 16.5. The van der Waals surface area contributed by atoms with E-state index < -0.39 is 11.9 Å². The highest BCUT2D eigenvalue weighted by molar-refractivity contribution is 5.99. The lowest BCUT2D eigenvalue weighted by atomic mass is 9.98. The molecule has 3 aromatic rings. The number of benzene rings is 2. The van der Waals surface area contributed by atoms with Gasteiger partial charge in [0.05, 0.1) is 17.0 Å². The number of rotatable bonds is 7. The molecule has 2 aromatic carbocycles. The van der Waals surface area contributed by atoms with Crippen LogP contribution in [0.1, 0.15) is 33.3 Å². The van der Waals surface area contributed by atoms with Gasteiger partial charge in [-0.15, -0.1) is 0 Å². The van der Waals surface area contributed by atoms with Gasteiger partial charge in [0.15, 0.2) is 12.0 Å². The SMILES string of the molecule is Cc1ccc2oc3c(c(=O)c2c1)[C@H](c1ccc(OCC(N)=O)cc1)N(CCN(C)C)C3=O. The fraction of sp³-hybridized carbons (Fsp3) is 0.292. The standard InChI is InChI=1S/C24H25N3O5/c1-14-4-9-18-17(12-14)22(29)20-21(15-5-7-16(8-6-15)31-13-19(25)28)27(11-10-26(2)3)24(30)23(20)32-18/h4-9,12,21H,10-11,13H2,1-3H3,(H2,25,28)/t21-/m0/s1. The molecule has 0 unspecified atom stereocenters. The van der Waals surface area contributed by atoms with Crippen molar-refractivity contribution < 1.29 is 18.7 Å². The van der Waals surface area contributed by atoms with Gasteiger partial charge >= 0.3 is 0 Å². The Labute approximate surface area is 185 Å². The van der Waals surface area contributed by atoms with E-state index in [9.17, 15) is 14.4 Å². The number of amides is 2. The zero-order valence-corrected chi connectivity index (χ0v) is 18.3. The summed E-state index contributed by atoms with van der Waals surface area (Å²) in [5, 5.41) is 0.456. The first-order chi connectivity index (χ1) is 15.3. The third-order valence-electron chi connectivity index (χ3n) is 5.49. The number of hydrogen-bond acceptors (Lipinski definition) is 6. The number of fused-ring (bicyclic) bond motifs is 2. The maximum absolute atomic E-state index is 13.5. The predicted molar refractivity (Wildman–Crippen MR) is 120 cm³/mol. The Balaban J connectivity index is 1.82. The van der Waals surface area contributed by atoms with Crippen molar-refractivity contribution in [1.82, 2.24) is 9.80 Å². The second kappa shape index (κ2) is 8.47. The maximum atomic E-state index is 13.5. The van der Waals surface area contributed by atoms with Crippen molar-refractivity contribution in [2.24, 2.45) is 5.73 Å². The van der Waals surface area contributed by atoms with Crippen LogP contribution in [0, 0.1) is 6.92 Å². The monoisotopic (exact) mass is 435 g/mol. The smallest absolute Gasteiger partial charge is 0.290 e. The molecule has 8 nitrogen and oxygen atoms in total. The first-order valence-electron chi connectivity index (χ1n) is 10.3. The van der Waals surface area contributed by atoms with Crippen LogP contribution in [0.15, 0.2) is 51.7 Å². The van der Waals surface area contributed by atoms with E-state index >= 15 is 0 Å². The highest BCUT2D eigenvalue weighted by Gasteiger charge is 2.42. The van der Waals surface area contributed by atoms with Crippen LogP contribution in [0.2, 0.25) is 0 Å². The van der Waals surface area contributed by atoms with Gasteiger partial charge in [0.1, 0.15) is 11.3 Å². The van der Waals surface area contributed by atoms with Crippen molar-refractivity contribution in [2.75, 3.05) is 33.8 Å². The van der Waals surface area contributed by atoms with Crippen molar-refractivity contribution in [3.63, 3.8) is 0 Å². The summed E-state index contributed by atoms with van der Waals surface area (Å²) in [5.41, 5.74) is 7.36. The van der Waals surface area contributed by atoms with Crippen molar-refractivity contribution in [3.8, 4) is 5.75 Å². The molecule has 1 aromatic heterocycles. The van der Waals surface area contributed by atoms with Crippen molar-refractivity contribution in [2.45, 2.75) is 13.0 Å². The molecular weight excluding hydrogens is 410 g/mol. The van der Waals surface area contributed by atoms with E-state index in [1.165, 1.54) is 0 Å². The molecule has 1 aliphatic heterocycles. The number of carbonyl (C=O) groups excluding carboxylic acids is 2. The largest absolute Gasteiger partial charge is 0.484 e. The van der Waals surface area contributed by atoms with Crippen molar-refractivity contribution >= 4 is 22.8 Å². The van der Waals surface area contributed by atoms with Crippen molar-refractivity contribution in [1.29, 1.82) is 0 Å². The summed E-state index contributed by atoms with van der Waals surface area (Å²) in [6, 6.07) is 11.7. The van der Waals surface area contributed by atoms with Crippen LogP contribution in [0.5, 0.6) is 5.75 Å². The molecule has 2 amide bonds. The summed E-state index contributed by atoms with van der Waals surface area (Å²) in [6.45, 7) is 2.73. The summed E-state index contributed by atoms with van der Waals surface area (Å²) in [7, 11) is 3.85. The molecular formula is C24H25N3O5. The van der Waals surface area contributed by atoms with E-state index in [0.29, 0.717) is 35.4 Å². The molecule has 0 radical (unpaired) electrons. The van der Waals surface area contributed by atoms with Crippen LogP contribution in [0.25, 0.3) is 11.0 Å². The molecule has 166 valence electrons. The predicted octanol–water partition coefficient (Wildman–Crippen LogP) is 2.07. The summed E-state index contributed by atoms with van der Waals surface area (Å²) in [5.74, 6) is -0.318. The van der Waals surface area contributed by atoms with E-state index in [0.717, 1.165) is 11.1 Å². The number of ether oxygens (including phenoxy) is 1. The molecule has 0 saturated heterocycles. The number of hydrogen-bond donors (Lipinski definition) is 1. The Hall–Kier alpha value is -3.65. The van der Waals surface area contributed by atoms with Crippen LogP contribution < -0.4 is 15.9 Å². The Morgan fingerprint density at radius 3 is 2.53 bits per heavy atom. The lowest BCUT2D eigenvalue weighted by molar-refractivity contribution is -0.119. The average Bonchev–Trinajstić information content (AvgIpc) is 3.03. The van der Waals surface area contributed by atoms with Gasteiger partial charge in [-0.2, -0.15) is 0 Å². The van der Waals surface area contributed by atoms with Crippen molar-refractivity contribution in [3.05, 3.63) is 75.1 Å². The molecule has 2 heterocycles. The zero-order chi connectivity index (χ0) is 23.0. The number of nitrogens with zero attached hydrogens (tertiary/aromatic N) is 2. The third-order valence-corrected chi connectivity index (χ3v) is 5.49. The minimum absolute atomic E-state index is 0.0872. The van der Waals surface area contributed by atoms with Gasteiger partial charge in [-0.1, -0.05) is 23.8 Å². The lowest BCUT2D eigenvalue weighted by Gasteiger charge is -2.26. The van der Waals surface area contributed by atoms with E-state index in [2.05, 4.69) is 0 Å². The fourth-order valence-corrected chi connectivity index (χ4v) is 3.92. The Morgan fingerprint density at radius 2 is 1.88 bits per heavy atom. The van der Waals surface area contributed by atoms with Crippen LogP contribution in [0.3, 0.4) is 0 Å².